The second-order valence-corrected chi connectivity index (χ2v) is 6.70. The van der Waals surface area contributed by atoms with Gasteiger partial charge in [0.15, 0.2) is 0 Å². The Balaban J connectivity index is 2.21. The van der Waals surface area contributed by atoms with Crippen molar-refractivity contribution < 1.29 is 0 Å². The van der Waals surface area contributed by atoms with Gasteiger partial charge in [0.05, 0.1) is 16.7 Å². The summed E-state index contributed by atoms with van der Waals surface area (Å²) in [6, 6.07) is 5.98. The van der Waals surface area contributed by atoms with Gasteiger partial charge in [-0.2, -0.15) is 0 Å². The van der Waals surface area contributed by atoms with Gasteiger partial charge in [0.1, 0.15) is 0 Å². The minimum atomic E-state index is 0.230. The number of thiazole rings is 1. The molecule has 0 fully saturated rings. The SMILES string of the molecule is Cc1nc(C)c(C(C)Nc2ccc(Cl)cc2Br)s1. The Hall–Kier alpha value is -0.580. The van der Waals surface area contributed by atoms with Crippen LogP contribution in [0.25, 0.3) is 0 Å². The number of nitrogens with zero attached hydrogens (tertiary/aromatic N) is 1. The van der Waals surface area contributed by atoms with Crippen LogP contribution in [-0.2, 0) is 0 Å². The van der Waals surface area contributed by atoms with Crippen molar-refractivity contribution in [1.82, 2.24) is 4.98 Å². The van der Waals surface area contributed by atoms with Crippen molar-refractivity contribution in [2.75, 3.05) is 5.32 Å². The zero-order valence-corrected chi connectivity index (χ0v) is 13.6. The molecule has 0 amide bonds. The maximum atomic E-state index is 5.93. The molecular weight excluding hydrogens is 332 g/mol. The average molecular weight is 346 g/mol. The Labute approximate surface area is 125 Å². The molecule has 96 valence electrons. The highest BCUT2D eigenvalue weighted by atomic mass is 79.9. The van der Waals surface area contributed by atoms with Crippen molar-refractivity contribution in [2.24, 2.45) is 0 Å². The number of aryl methyl sites for hydroxylation is 2. The number of nitrogens with one attached hydrogen (secondary N) is 1. The normalized spacial score (nSPS) is 12.5. The monoisotopic (exact) mass is 344 g/mol. The molecular formula is C13H14BrClN2S. The number of rotatable bonds is 3. The molecule has 2 nitrogen and oxygen atoms in total. The topological polar surface area (TPSA) is 24.9 Å². The van der Waals surface area contributed by atoms with Gasteiger partial charge in [-0.1, -0.05) is 11.6 Å². The van der Waals surface area contributed by atoms with Gasteiger partial charge in [0.2, 0.25) is 0 Å². The highest BCUT2D eigenvalue weighted by molar-refractivity contribution is 9.10. The summed E-state index contributed by atoms with van der Waals surface area (Å²) < 4.78 is 0.973. The minimum absolute atomic E-state index is 0.230. The van der Waals surface area contributed by atoms with Gasteiger partial charge in [-0.05, 0) is 54.9 Å². The van der Waals surface area contributed by atoms with E-state index in [0.717, 1.165) is 25.9 Å². The molecule has 0 aliphatic carbocycles. The molecule has 0 saturated carbocycles. The van der Waals surface area contributed by atoms with Crippen LogP contribution < -0.4 is 5.32 Å². The summed E-state index contributed by atoms with van der Waals surface area (Å²) in [7, 11) is 0. The van der Waals surface area contributed by atoms with Crippen molar-refractivity contribution in [1.29, 1.82) is 0 Å². The first-order valence-corrected chi connectivity index (χ1v) is 7.61. The number of halogens is 2. The van der Waals surface area contributed by atoms with E-state index in [4.69, 9.17) is 11.6 Å². The predicted molar refractivity (Wildman–Crippen MR) is 82.8 cm³/mol. The fraction of sp³-hybridized carbons (Fsp3) is 0.308. The highest BCUT2D eigenvalue weighted by Gasteiger charge is 2.13. The van der Waals surface area contributed by atoms with Gasteiger partial charge in [0, 0.05) is 20.1 Å². The molecule has 0 aliphatic rings. The smallest absolute Gasteiger partial charge is 0.0900 e. The Kier molecular flexibility index (Phi) is 4.30. The zero-order valence-electron chi connectivity index (χ0n) is 10.4. The molecule has 2 rings (SSSR count). The lowest BCUT2D eigenvalue weighted by Gasteiger charge is -2.15. The molecule has 1 atom stereocenters. The zero-order chi connectivity index (χ0) is 13.3. The van der Waals surface area contributed by atoms with Crippen LogP contribution in [0, 0.1) is 13.8 Å². The molecule has 0 bridgehead atoms. The van der Waals surface area contributed by atoms with Crippen molar-refractivity contribution in [3.8, 4) is 0 Å². The maximum Gasteiger partial charge on any atom is 0.0900 e. The molecule has 1 N–H and O–H groups in total. The van der Waals surface area contributed by atoms with E-state index in [-0.39, 0.29) is 6.04 Å². The van der Waals surface area contributed by atoms with E-state index in [2.05, 4.69) is 33.2 Å². The molecule has 5 heteroatoms. The third-order valence-corrected chi connectivity index (χ3v) is 4.78. The fourth-order valence-corrected chi connectivity index (χ4v) is 3.58. The second kappa shape index (κ2) is 5.59. The van der Waals surface area contributed by atoms with E-state index in [9.17, 15) is 0 Å². The number of benzene rings is 1. The number of aromatic nitrogens is 1. The van der Waals surface area contributed by atoms with Crippen molar-refractivity contribution in [3.63, 3.8) is 0 Å². The van der Waals surface area contributed by atoms with E-state index in [1.807, 2.05) is 32.0 Å². The van der Waals surface area contributed by atoms with Gasteiger partial charge in [-0.15, -0.1) is 11.3 Å². The molecule has 2 aromatic rings. The Bertz CT molecular complexity index is 568. The predicted octanol–water partition coefficient (Wildman–Crippen LogP) is 5.35. The van der Waals surface area contributed by atoms with Crippen LogP contribution in [-0.4, -0.2) is 4.98 Å². The fourth-order valence-electron chi connectivity index (χ4n) is 1.85. The highest BCUT2D eigenvalue weighted by Crippen LogP contribution is 2.31. The average Bonchev–Trinajstić information content (AvgIpc) is 2.62. The largest absolute Gasteiger partial charge is 0.377 e. The third kappa shape index (κ3) is 3.05. The molecule has 0 aliphatic heterocycles. The van der Waals surface area contributed by atoms with E-state index in [1.165, 1.54) is 4.88 Å². The molecule has 0 spiro atoms. The number of hydrogen-bond donors (Lipinski definition) is 1. The van der Waals surface area contributed by atoms with Crippen molar-refractivity contribution in [3.05, 3.63) is 43.3 Å². The Morgan fingerprint density at radius 3 is 2.67 bits per heavy atom. The number of anilines is 1. The minimum Gasteiger partial charge on any atom is -0.377 e. The summed E-state index contributed by atoms with van der Waals surface area (Å²) in [6.45, 7) is 6.22. The molecule has 0 radical (unpaired) electrons. The first-order chi connectivity index (χ1) is 8.47. The summed E-state index contributed by atoms with van der Waals surface area (Å²) in [5.74, 6) is 0. The van der Waals surface area contributed by atoms with Crippen LogP contribution in [0.15, 0.2) is 22.7 Å². The molecule has 1 aromatic heterocycles. The maximum absolute atomic E-state index is 5.93. The van der Waals surface area contributed by atoms with Crippen LogP contribution in [0.4, 0.5) is 5.69 Å². The van der Waals surface area contributed by atoms with Gasteiger partial charge >= 0.3 is 0 Å². The van der Waals surface area contributed by atoms with Crippen molar-refractivity contribution >= 4 is 44.6 Å². The van der Waals surface area contributed by atoms with E-state index < -0.39 is 0 Å². The second-order valence-electron chi connectivity index (χ2n) is 4.17. The van der Waals surface area contributed by atoms with E-state index >= 15 is 0 Å². The van der Waals surface area contributed by atoms with Crippen LogP contribution >= 0.6 is 38.9 Å². The number of hydrogen-bond acceptors (Lipinski definition) is 3. The lowest BCUT2D eigenvalue weighted by molar-refractivity contribution is 0.888. The Morgan fingerprint density at radius 2 is 2.11 bits per heavy atom. The van der Waals surface area contributed by atoms with Crippen molar-refractivity contribution in [2.45, 2.75) is 26.8 Å². The van der Waals surface area contributed by atoms with Gasteiger partial charge in [0.25, 0.3) is 0 Å². The molecule has 1 heterocycles. The van der Waals surface area contributed by atoms with Gasteiger partial charge < -0.3 is 5.32 Å². The third-order valence-electron chi connectivity index (χ3n) is 2.64. The lowest BCUT2D eigenvalue weighted by atomic mass is 10.2. The summed E-state index contributed by atoms with van der Waals surface area (Å²) in [5, 5.41) is 5.30. The van der Waals surface area contributed by atoms with Crippen LogP contribution in [0.5, 0.6) is 0 Å². The van der Waals surface area contributed by atoms with Crippen LogP contribution in [0.3, 0.4) is 0 Å². The summed E-state index contributed by atoms with van der Waals surface area (Å²) in [5.41, 5.74) is 2.14. The standard InChI is InChI=1S/C13H14BrClN2S/c1-7-13(18-9(3)16-7)8(2)17-12-5-4-10(15)6-11(12)14/h4-6,8,17H,1-3H3. The van der Waals surface area contributed by atoms with Gasteiger partial charge in [-0.3, -0.25) is 0 Å². The summed E-state index contributed by atoms with van der Waals surface area (Å²) in [4.78, 5) is 5.73. The lowest BCUT2D eigenvalue weighted by Crippen LogP contribution is -2.06. The van der Waals surface area contributed by atoms with E-state index in [1.54, 1.807) is 11.3 Å². The Morgan fingerprint density at radius 1 is 1.39 bits per heavy atom. The summed E-state index contributed by atoms with van der Waals surface area (Å²) >= 11 is 11.2. The quantitative estimate of drug-likeness (QED) is 0.811. The first kappa shape index (κ1) is 13.8. The molecule has 1 unspecified atom stereocenters. The molecule has 1 aromatic carbocycles. The first-order valence-electron chi connectivity index (χ1n) is 5.63. The van der Waals surface area contributed by atoms with Crippen LogP contribution in [0.2, 0.25) is 5.02 Å². The molecule has 0 saturated heterocycles. The summed E-state index contributed by atoms with van der Waals surface area (Å²) in [6.07, 6.45) is 0. The molecule has 18 heavy (non-hydrogen) atoms. The van der Waals surface area contributed by atoms with E-state index in [0.29, 0.717) is 0 Å². The van der Waals surface area contributed by atoms with Gasteiger partial charge in [-0.25, -0.2) is 4.98 Å². The van der Waals surface area contributed by atoms with Crippen LogP contribution in [0.1, 0.15) is 28.5 Å².